The van der Waals surface area contributed by atoms with Gasteiger partial charge in [0, 0.05) is 32.2 Å². The molecule has 0 aliphatic carbocycles. The van der Waals surface area contributed by atoms with Crippen LogP contribution in [0.5, 0.6) is 0 Å². The second kappa shape index (κ2) is 6.99. The molecule has 2 unspecified atom stereocenters. The summed E-state index contributed by atoms with van der Waals surface area (Å²) in [5.41, 5.74) is 0. The fourth-order valence-electron chi connectivity index (χ4n) is 2.67. The first-order chi connectivity index (χ1) is 9.08. The molecule has 2 fully saturated rings. The van der Waals surface area contributed by atoms with Crippen LogP contribution in [0.1, 0.15) is 19.8 Å². The molecule has 2 heterocycles. The van der Waals surface area contributed by atoms with Gasteiger partial charge < -0.3 is 10.1 Å². The summed E-state index contributed by atoms with van der Waals surface area (Å²) in [6, 6.07) is -0.0509. The minimum Gasteiger partial charge on any atom is -0.379 e. The lowest BCUT2D eigenvalue weighted by molar-refractivity contribution is 0.0354. The molecule has 19 heavy (non-hydrogen) atoms. The van der Waals surface area contributed by atoms with Crippen LogP contribution in [0.25, 0.3) is 0 Å². The van der Waals surface area contributed by atoms with Gasteiger partial charge in [-0.3, -0.25) is 4.90 Å². The van der Waals surface area contributed by atoms with Crippen LogP contribution in [0.2, 0.25) is 0 Å². The number of sulfonamides is 1. The van der Waals surface area contributed by atoms with Gasteiger partial charge in [0.05, 0.1) is 18.5 Å². The third-order valence-corrected chi connectivity index (χ3v) is 5.70. The normalized spacial score (nSPS) is 28.2. The number of piperidine rings is 1. The Morgan fingerprint density at radius 3 is 2.79 bits per heavy atom. The van der Waals surface area contributed by atoms with Gasteiger partial charge in [0.1, 0.15) is 0 Å². The van der Waals surface area contributed by atoms with E-state index < -0.39 is 10.0 Å². The fourth-order valence-corrected chi connectivity index (χ4v) is 4.31. The van der Waals surface area contributed by atoms with Crippen LogP contribution in [0.15, 0.2) is 0 Å². The monoisotopic (exact) mass is 291 g/mol. The van der Waals surface area contributed by atoms with Gasteiger partial charge in [-0.15, -0.1) is 0 Å². The molecule has 112 valence electrons. The zero-order valence-corrected chi connectivity index (χ0v) is 12.4. The largest absolute Gasteiger partial charge is 0.379 e. The molecule has 2 atom stereocenters. The van der Waals surface area contributed by atoms with Crippen LogP contribution >= 0.6 is 0 Å². The smallest absolute Gasteiger partial charge is 0.216 e. The van der Waals surface area contributed by atoms with Gasteiger partial charge in [0.2, 0.25) is 10.0 Å². The van der Waals surface area contributed by atoms with E-state index in [4.69, 9.17) is 4.74 Å². The number of ether oxygens (including phenoxy) is 1. The molecule has 2 aliphatic heterocycles. The molecular formula is C12H25N3O3S. The van der Waals surface area contributed by atoms with E-state index in [-0.39, 0.29) is 11.3 Å². The molecule has 2 aliphatic rings. The van der Waals surface area contributed by atoms with Crippen molar-refractivity contribution >= 4 is 10.0 Å². The van der Waals surface area contributed by atoms with Crippen molar-refractivity contribution in [3.63, 3.8) is 0 Å². The molecule has 0 bridgehead atoms. The number of morpholine rings is 1. The number of rotatable bonds is 5. The third kappa shape index (κ3) is 4.68. The molecular weight excluding hydrogens is 266 g/mol. The lowest BCUT2D eigenvalue weighted by Crippen LogP contribution is -2.50. The lowest BCUT2D eigenvalue weighted by atomic mass is 10.2. The van der Waals surface area contributed by atoms with E-state index in [1.54, 1.807) is 0 Å². The Morgan fingerprint density at radius 1 is 1.42 bits per heavy atom. The molecule has 7 heteroatoms. The predicted octanol–water partition coefficient (Wildman–Crippen LogP) is -0.621. The van der Waals surface area contributed by atoms with E-state index in [1.807, 2.05) is 6.92 Å². The SMILES string of the molecule is CC(CN1CCOCC1)NS(=O)(=O)C1CCCNC1. The van der Waals surface area contributed by atoms with E-state index >= 15 is 0 Å². The highest BCUT2D eigenvalue weighted by atomic mass is 32.2. The Labute approximate surface area is 115 Å². The van der Waals surface area contributed by atoms with Gasteiger partial charge in [0.15, 0.2) is 0 Å². The third-order valence-electron chi connectivity index (χ3n) is 3.69. The Morgan fingerprint density at radius 2 is 2.16 bits per heavy atom. The molecule has 0 aromatic heterocycles. The Balaban J connectivity index is 1.80. The average molecular weight is 291 g/mol. The van der Waals surface area contributed by atoms with Crippen molar-refractivity contribution in [3.8, 4) is 0 Å². The maximum atomic E-state index is 12.2. The molecule has 0 radical (unpaired) electrons. The summed E-state index contributed by atoms with van der Waals surface area (Å²) < 4.78 is 32.6. The van der Waals surface area contributed by atoms with E-state index in [0.717, 1.165) is 52.2 Å². The maximum absolute atomic E-state index is 12.2. The van der Waals surface area contributed by atoms with Crippen molar-refractivity contribution in [1.82, 2.24) is 14.9 Å². The fraction of sp³-hybridized carbons (Fsp3) is 1.00. The van der Waals surface area contributed by atoms with Crippen molar-refractivity contribution < 1.29 is 13.2 Å². The predicted molar refractivity (Wildman–Crippen MR) is 74.7 cm³/mol. The summed E-state index contributed by atoms with van der Waals surface area (Å²) in [6.45, 7) is 7.44. The zero-order valence-electron chi connectivity index (χ0n) is 11.6. The van der Waals surface area contributed by atoms with E-state index in [2.05, 4.69) is 14.9 Å². The highest BCUT2D eigenvalue weighted by molar-refractivity contribution is 7.90. The standard InChI is InChI=1S/C12H25N3O3S/c1-11(10-15-5-7-18-8-6-15)14-19(16,17)12-3-2-4-13-9-12/h11-14H,2-10H2,1H3. The summed E-state index contributed by atoms with van der Waals surface area (Å²) in [7, 11) is -3.20. The van der Waals surface area contributed by atoms with Crippen molar-refractivity contribution in [1.29, 1.82) is 0 Å². The van der Waals surface area contributed by atoms with E-state index in [9.17, 15) is 8.42 Å². The molecule has 2 N–H and O–H groups in total. The first-order valence-electron chi connectivity index (χ1n) is 7.10. The quantitative estimate of drug-likeness (QED) is 0.706. The molecule has 2 rings (SSSR count). The molecule has 0 saturated carbocycles. The van der Waals surface area contributed by atoms with Crippen molar-refractivity contribution in [2.75, 3.05) is 45.9 Å². The van der Waals surface area contributed by atoms with Crippen LogP contribution in [-0.2, 0) is 14.8 Å². The topological polar surface area (TPSA) is 70.7 Å². The Bertz CT molecular complexity index is 362. The van der Waals surface area contributed by atoms with Gasteiger partial charge >= 0.3 is 0 Å². The van der Waals surface area contributed by atoms with E-state index in [1.165, 1.54) is 0 Å². The summed E-state index contributed by atoms with van der Waals surface area (Å²) in [5.74, 6) is 0. The van der Waals surface area contributed by atoms with Crippen molar-refractivity contribution in [2.45, 2.75) is 31.1 Å². The Kier molecular flexibility index (Phi) is 5.58. The van der Waals surface area contributed by atoms with Gasteiger partial charge in [-0.1, -0.05) is 0 Å². The summed E-state index contributed by atoms with van der Waals surface area (Å²) >= 11 is 0. The maximum Gasteiger partial charge on any atom is 0.216 e. The zero-order chi connectivity index (χ0) is 13.7. The van der Waals surface area contributed by atoms with Crippen LogP contribution in [0, 0.1) is 0 Å². The molecule has 6 nitrogen and oxygen atoms in total. The Hall–Kier alpha value is -0.210. The number of nitrogens with zero attached hydrogens (tertiary/aromatic N) is 1. The summed E-state index contributed by atoms with van der Waals surface area (Å²) in [5, 5.41) is 2.87. The number of hydrogen-bond acceptors (Lipinski definition) is 5. The van der Waals surface area contributed by atoms with Gasteiger partial charge in [-0.2, -0.15) is 0 Å². The average Bonchev–Trinajstić information content (AvgIpc) is 2.40. The van der Waals surface area contributed by atoms with Crippen molar-refractivity contribution in [2.24, 2.45) is 0 Å². The lowest BCUT2D eigenvalue weighted by Gasteiger charge is -2.30. The highest BCUT2D eigenvalue weighted by Crippen LogP contribution is 2.11. The number of hydrogen-bond donors (Lipinski definition) is 2. The number of nitrogens with one attached hydrogen (secondary N) is 2. The summed E-state index contributed by atoms with van der Waals surface area (Å²) in [4.78, 5) is 2.25. The van der Waals surface area contributed by atoms with Gasteiger partial charge in [-0.25, -0.2) is 13.1 Å². The molecule has 0 amide bonds. The van der Waals surface area contributed by atoms with Crippen LogP contribution in [-0.4, -0.2) is 70.5 Å². The van der Waals surface area contributed by atoms with Gasteiger partial charge in [0.25, 0.3) is 0 Å². The molecule has 0 aromatic carbocycles. The molecule has 0 spiro atoms. The summed E-state index contributed by atoms with van der Waals surface area (Å²) in [6.07, 6.45) is 1.69. The van der Waals surface area contributed by atoms with Gasteiger partial charge in [-0.05, 0) is 26.3 Å². The first-order valence-corrected chi connectivity index (χ1v) is 8.64. The minimum absolute atomic E-state index is 0.0509. The molecule has 2 saturated heterocycles. The first kappa shape index (κ1) is 15.2. The second-order valence-corrected chi connectivity index (χ2v) is 7.44. The molecule has 0 aromatic rings. The highest BCUT2D eigenvalue weighted by Gasteiger charge is 2.28. The van der Waals surface area contributed by atoms with Crippen molar-refractivity contribution in [3.05, 3.63) is 0 Å². The minimum atomic E-state index is -3.20. The second-order valence-electron chi connectivity index (χ2n) is 5.45. The van der Waals surface area contributed by atoms with Crippen LogP contribution in [0.3, 0.4) is 0 Å². The van der Waals surface area contributed by atoms with E-state index in [0.29, 0.717) is 6.54 Å². The van der Waals surface area contributed by atoms with Crippen LogP contribution < -0.4 is 10.0 Å². The van der Waals surface area contributed by atoms with Crippen LogP contribution in [0.4, 0.5) is 0 Å².